The molecule has 0 N–H and O–H groups in total. The Morgan fingerprint density at radius 3 is 2.89 bits per heavy atom. The Bertz CT molecular complexity index is 509. The predicted octanol–water partition coefficient (Wildman–Crippen LogP) is 2.44. The molecule has 0 aliphatic carbocycles. The fourth-order valence-corrected chi connectivity index (χ4v) is 2.77. The van der Waals surface area contributed by atoms with E-state index < -0.39 is 0 Å². The van der Waals surface area contributed by atoms with Gasteiger partial charge in [-0.2, -0.15) is 0 Å². The molecule has 4 heteroatoms. The minimum absolute atomic E-state index is 0.198. The summed E-state index contributed by atoms with van der Waals surface area (Å²) < 4.78 is 16.9. The van der Waals surface area contributed by atoms with Gasteiger partial charge in [0.1, 0.15) is 23.4 Å². The molecule has 2 aliphatic rings. The van der Waals surface area contributed by atoms with E-state index in [2.05, 4.69) is 0 Å². The highest BCUT2D eigenvalue weighted by molar-refractivity contribution is 5.80. The molecule has 4 nitrogen and oxygen atoms in total. The smallest absolute Gasteiger partial charge is 0.138 e. The van der Waals surface area contributed by atoms with Crippen LogP contribution in [0.4, 0.5) is 0 Å². The number of ether oxygens (including phenoxy) is 3. The van der Waals surface area contributed by atoms with E-state index in [1.807, 2.05) is 19.1 Å². The van der Waals surface area contributed by atoms with E-state index >= 15 is 0 Å². The first-order valence-corrected chi connectivity index (χ1v) is 6.68. The number of methoxy groups -OCH3 is 1. The third-order valence-electron chi connectivity index (χ3n) is 3.71. The lowest BCUT2D eigenvalue weighted by atomic mass is 9.97. The van der Waals surface area contributed by atoms with Crippen molar-refractivity contribution >= 4 is 5.78 Å². The minimum atomic E-state index is -0.207. The maximum absolute atomic E-state index is 11.6. The number of Topliss-reactive ketones (excluding diaryl/α,β-unsaturated/α-hetero) is 1. The molecule has 0 spiro atoms. The second kappa shape index (κ2) is 4.85. The van der Waals surface area contributed by atoms with Crippen LogP contribution in [0, 0.1) is 0 Å². The molecular weight excluding hydrogens is 244 g/mol. The predicted molar refractivity (Wildman–Crippen MR) is 69.7 cm³/mol. The number of hydrogen-bond acceptors (Lipinski definition) is 4. The number of ketones is 1. The van der Waals surface area contributed by atoms with Gasteiger partial charge in [-0.3, -0.25) is 4.79 Å². The van der Waals surface area contributed by atoms with Gasteiger partial charge < -0.3 is 14.2 Å². The highest BCUT2D eigenvalue weighted by Gasteiger charge is 2.28. The Hall–Kier alpha value is -1.55. The molecule has 1 aromatic rings. The summed E-state index contributed by atoms with van der Waals surface area (Å²) in [4.78, 5) is 11.6. The number of carbonyl (C=O) groups is 1. The quantitative estimate of drug-likeness (QED) is 0.821. The molecule has 1 saturated heterocycles. The lowest BCUT2D eigenvalue weighted by Crippen LogP contribution is -2.20. The SMILES string of the molecule is COc1cc2c(cc1C1CC(=O)CCO1)OC(C)C2. The molecule has 1 aromatic carbocycles. The zero-order valence-electron chi connectivity index (χ0n) is 11.3. The van der Waals surface area contributed by atoms with Crippen LogP contribution in [0.25, 0.3) is 0 Å². The average molecular weight is 262 g/mol. The second-order valence-corrected chi connectivity index (χ2v) is 5.19. The van der Waals surface area contributed by atoms with Gasteiger partial charge >= 0.3 is 0 Å². The van der Waals surface area contributed by atoms with Crippen LogP contribution >= 0.6 is 0 Å². The number of benzene rings is 1. The summed E-state index contributed by atoms with van der Waals surface area (Å²) in [5, 5.41) is 0. The highest BCUT2D eigenvalue weighted by Crippen LogP contribution is 2.40. The molecule has 0 saturated carbocycles. The summed E-state index contributed by atoms with van der Waals surface area (Å²) in [6.45, 7) is 2.54. The van der Waals surface area contributed by atoms with Crippen LogP contribution in [0.2, 0.25) is 0 Å². The van der Waals surface area contributed by atoms with Crippen molar-refractivity contribution in [3.05, 3.63) is 23.3 Å². The summed E-state index contributed by atoms with van der Waals surface area (Å²) in [5.41, 5.74) is 2.08. The lowest BCUT2D eigenvalue weighted by molar-refractivity contribution is -0.128. The largest absolute Gasteiger partial charge is 0.496 e. The molecule has 1 fully saturated rings. The first-order valence-electron chi connectivity index (χ1n) is 6.68. The Balaban J connectivity index is 1.96. The molecule has 3 rings (SSSR count). The third-order valence-corrected chi connectivity index (χ3v) is 3.71. The summed E-state index contributed by atoms with van der Waals surface area (Å²) in [6, 6.07) is 3.98. The van der Waals surface area contributed by atoms with Crippen molar-refractivity contribution in [2.24, 2.45) is 0 Å². The van der Waals surface area contributed by atoms with Crippen LogP contribution in [-0.4, -0.2) is 25.6 Å². The molecule has 0 bridgehead atoms. The Labute approximate surface area is 112 Å². The summed E-state index contributed by atoms with van der Waals surface area (Å²) in [6.07, 6.45) is 1.82. The van der Waals surface area contributed by atoms with Gasteiger partial charge in [0.25, 0.3) is 0 Å². The normalized spacial score (nSPS) is 25.9. The molecule has 102 valence electrons. The fourth-order valence-electron chi connectivity index (χ4n) is 2.77. The van der Waals surface area contributed by atoms with Crippen LogP contribution in [0.3, 0.4) is 0 Å². The van der Waals surface area contributed by atoms with Gasteiger partial charge in [-0.1, -0.05) is 0 Å². The zero-order chi connectivity index (χ0) is 13.4. The third kappa shape index (κ3) is 2.32. The van der Waals surface area contributed by atoms with Crippen LogP contribution in [0.15, 0.2) is 12.1 Å². The van der Waals surface area contributed by atoms with Crippen molar-refractivity contribution in [2.75, 3.05) is 13.7 Å². The van der Waals surface area contributed by atoms with Gasteiger partial charge in [0.15, 0.2) is 0 Å². The van der Waals surface area contributed by atoms with E-state index in [9.17, 15) is 4.79 Å². The number of fused-ring (bicyclic) bond motifs is 1. The molecular formula is C15H18O4. The molecule has 2 aliphatic heterocycles. The summed E-state index contributed by atoms with van der Waals surface area (Å²) >= 11 is 0. The second-order valence-electron chi connectivity index (χ2n) is 5.19. The number of rotatable bonds is 2. The molecule has 0 radical (unpaired) electrons. The Morgan fingerprint density at radius 2 is 2.16 bits per heavy atom. The first kappa shape index (κ1) is 12.5. The van der Waals surface area contributed by atoms with Crippen LogP contribution < -0.4 is 9.47 Å². The van der Waals surface area contributed by atoms with Crippen LogP contribution in [0.1, 0.15) is 37.0 Å². The number of carbonyl (C=O) groups excluding carboxylic acids is 1. The van der Waals surface area contributed by atoms with Crippen molar-refractivity contribution in [1.29, 1.82) is 0 Å². The monoisotopic (exact) mass is 262 g/mol. The van der Waals surface area contributed by atoms with Gasteiger partial charge in [0, 0.05) is 30.4 Å². The molecule has 2 heterocycles. The van der Waals surface area contributed by atoms with Gasteiger partial charge in [0.05, 0.1) is 19.8 Å². The Morgan fingerprint density at radius 1 is 1.32 bits per heavy atom. The minimum Gasteiger partial charge on any atom is -0.496 e. The molecule has 19 heavy (non-hydrogen) atoms. The molecule has 0 amide bonds. The lowest BCUT2D eigenvalue weighted by Gasteiger charge is -2.24. The van der Waals surface area contributed by atoms with Crippen molar-refractivity contribution in [3.8, 4) is 11.5 Å². The van der Waals surface area contributed by atoms with E-state index in [1.165, 1.54) is 0 Å². The van der Waals surface area contributed by atoms with E-state index in [0.717, 1.165) is 29.0 Å². The summed E-state index contributed by atoms with van der Waals surface area (Å²) in [5.74, 6) is 1.93. The van der Waals surface area contributed by atoms with E-state index in [-0.39, 0.29) is 18.0 Å². The zero-order valence-corrected chi connectivity index (χ0v) is 11.3. The van der Waals surface area contributed by atoms with Gasteiger partial charge in [-0.15, -0.1) is 0 Å². The molecule has 2 atom stereocenters. The summed E-state index contributed by atoms with van der Waals surface area (Å²) in [7, 11) is 1.65. The van der Waals surface area contributed by atoms with Crippen LogP contribution in [-0.2, 0) is 16.0 Å². The first-order chi connectivity index (χ1) is 9.17. The molecule has 0 aromatic heterocycles. The van der Waals surface area contributed by atoms with E-state index in [4.69, 9.17) is 14.2 Å². The van der Waals surface area contributed by atoms with Crippen molar-refractivity contribution in [3.63, 3.8) is 0 Å². The van der Waals surface area contributed by atoms with Gasteiger partial charge in [-0.05, 0) is 19.1 Å². The maximum Gasteiger partial charge on any atom is 0.138 e. The Kier molecular flexibility index (Phi) is 3.19. The highest BCUT2D eigenvalue weighted by atomic mass is 16.5. The number of hydrogen-bond donors (Lipinski definition) is 0. The van der Waals surface area contributed by atoms with Crippen molar-refractivity contribution in [2.45, 2.75) is 38.4 Å². The van der Waals surface area contributed by atoms with E-state index in [0.29, 0.717) is 19.4 Å². The fraction of sp³-hybridized carbons (Fsp3) is 0.533. The van der Waals surface area contributed by atoms with Gasteiger partial charge in [0.2, 0.25) is 0 Å². The average Bonchev–Trinajstić information content (AvgIpc) is 2.76. The standard InChI is InChI=1S/C15H18O4/c1-9-5-10-6-14(17-2)12(8-13(10)19-9)15-7-11(16)3-4-18-15/h6,8-9,15H,3-5,7H2,1-2H3. The maximum atomic E-state index is 11.6. The van der Waals surface area contributed by atoms with E-state index in [1.54, 1.807) is 7.11 Å². The van der Waals surface area contributed by atoms with Crippen LogP contribution in [0.5, 0.6) is 11.5 Å². The topological polar surface area (TPSA) is 44.8 Å². The van der Waals surface area contributed by atoms with Crippen molar-refractivity contribution in [1.82, 2.24) is 0 Å². The molecule has 2 unspecified atom stereocenters. The van der Waals surface area contributed by atoms with Crippen molar-refractivity contribution < 1.29 is 19.0 Å². The van der Waals surface area contributed by atoms with Gasteiger partial charge in [-0.25, -0.2) is 0 Å².